The van der Waals surface area contributed by atoms with Crippen LogP contribution in [0.15, 0.2) is 11.6 Å². The van der Waals surface area contributed by atoms with Crippen molar-refractivity contribution in [3.63, 3.8) is 0 Å². The highest BCUT2D eigenvalue weighted by atomic mass is 16.1. The first-order valence-electron chi connectivity index (χ1n) is 4.93. The van der Waals surface area contributed by atoms with Crippen LogP contribution in [-0.2, 0) is 4.79 Å². The van der Waals surface area contributed by atoms with Gasteiger partial charge in [0.05, 0.1) is 0 Å². The molecule has 0 aromatic carbocycles. The summed E-state index contributed by atoms with van der Waals surface area (Å²) >= 11 is 0. The number of allylic oxidation sites excluding steroid dienone is 2. The number of Topliss-reactive ketones (excluding diaryl/α,β-unsaturated/α-hetero) is 1. The van der Waals surface area contributed by atoms with E-state index < -0.39 is 0 Å². The van der Waals surface area contributed by atoms with E-state index in [-0.39, 0.29) is 0 Å². The van der Waals surface area contributed by atoms with E-state index in [1.165, 1.54) is 18.4 Å². The Kier molecular flexibility index (Phi) is 3.51. The van der Waals surface area contributed by atoms with Gasteiger partial charge in [-0.25, -0.2) is 0 Å². The number of hydrogen-bond acceptors (Lipinski definition) is 1. The first-order chi connectivity index (χ1) is 5.72. The Hall–Kier alpha value is -0.590. The summed E-state index contributed by atoms with van der Waals surface area (Å²) in [6.45, 7) is 4.33. The fourth-order valence-electron chi connectivity index (χ4n) is 1.84. The van der Waals surface area contributed by atoms with Crippen molar-refractivity contribution < 1.29 is 4.79 Å². The van der Waals surface area contributed by atoms with Crippen molar-refractivity contribution in [3.8, 4) is 0 Å². The molecular formula is C11H18O. The molecule has 0 saturated carbocycles. The zero-order valence-corrected chi connectivity index (χ0v) is 8.10. The molecule has 1 heteroatoms. The number of ketones is 1. The fourth-order valence-corrected chi connectivity index (χ4v) is 1.84. The molecule has 0 aromatic heterocycles. The lowest BCUT2D eigenvalue weighted by atomic mass is 10.0. The summed E-state index contributed by atoms with van der Waals surface area (Å²) in [7, 11) is 0. The quantitative estimate of drug-likeness (QED) is 0.576. The minimum atomic E-state index is 0.435. The van der Waals surface area contributed by atoms with Gasteiger partial charge in [-0.05, 0) is 18.8 Å². The zero-order chi connectivity index (χ0) is 8.97. The van der Waals surface area contributed by atoms with Crippen molar-refractivity contribution >= 4 is 5.78 Å². The SMILES string of the molecule is CCCC1=CC(C)CC(=O)CC1. The van der Waals surface area contributed by atoms with Crippen LogP contribution in [0.2, 0.25) is 0 Å². The third kappa shape index (κ3) is 2.80. The first kappa shape index (κ1) is 9.50. The topological polar surface area (TPSA) is 17.1 Å². The Labute approximate surface area is 74.9 Å². The van der Waals surface area contributed by atoms with E-state index in [4.69, 9.17) is 0 Å². The Morgan fingerprint density at radius 3 is 2.92 bits per heavy atom. The molecule has 0 bridgehead atoms. The van der Waals surface area contributed by atoms with Crippen LogP contribution in [0.25, 0.3) is 0 Å². The average molecular weight is 166 g/mol. The Balaban J connectivity index is 2.56. The molecule has 0 aromatic rings. The minimum Gasteiger partial charge on any atom is -0.300 e. The average Bonchev–Trinajstić information content (AvgIpc) is 2.13. The summed E-state index contributed by atoms with van der Waals surface area (Å²) in [4.78, 5) is 11.2. The third-order valence-corrected chi connectivity index (χ3v) is 2.37. The Morgan fingerprint density at radius 2 is 2.25 bits per heavy atom. The van der Waals surface area contributed by atoms with Gasteiger partial charge in [-0.3, -0.25) is 4.79 Å². The van der Waals surface area contributed by atoms with Crippen molar-refractivity contribution in [2.45, 2.75) is 46.0 Å². The lowest BCUT2D eigenvalue weighted by molar-refractivity contribution is -0.119. The number of rotatable bonds is 2. The maximum atomic E-state index is 11.2. The molecule has 0 radical (unpaired) electrons. The van der Waals surface area contributed by atoms with Gasteiger partial charge in [0.15, 0.2) is 0 Å². The smallest absolute Gasteiger partial charge is 0.133 e. The van der Waals surface area contributed by atoms with E-state index in [0.29, 0.717) is 11.7 Å². The summed E-state index contributed by atoms with van der Waals surface area (Å²) in [6, 6.07) is 0. The number of hydrogen-bond donors (Lipinski definition) is 0. The normalized spacial score (nSPS) is 25.0. The molecule has 0 saturated heterocycles. The highest BCUT2D eigenvalue weighted by molar-refractivity contribution is 5.79. The van der Waals surface area contributed by atoms with Gasteiger partial charge in [0.2, 0.25) is 0 Å². The van der Waals surface area contributed by atoms with Crippen molar-refractivity contribution in [2.75, 3.05) is 0 Å². The van der Waals surface area contributed by atoms with E-state index in [1.54, 1.807) is 0 Å². The van der Waals surface area contributed by atoms with Crippen LogP contribution in [0.3, 0.4) is 0 Å². The van der Waals surface area contributed by atoms with E-state index >= 15 is 0 Å². The predicted molar refractivity (Wildman–Crippen MR) is 51.0 cm³/mol. The van der Waals surface area contributed by atoms with Crippen LogP contribution < -0.4 is 0 Å². The van der Waals surface area contributed by atoms with Crippen molar-refractivity contribution in [1.29, 1.82) is 0 Å². The molecule has 0 heterocycles. The fraction of sp³-hybridized carbons (Fsp3) is 0.727. The van der Waals surface area contributed by atoms with E-state index in [0.717, 1.165) is 19.3 Å². The van der Waals surface area contributed by atoms with Crippen LogP contribution >= 0.6 is 0 Å². The van der Waals surface area contributed by atoms with Gasteiger partial charge in [-0.1, -0.05) is 31.9 Å². The zero-order valence-electron chi connectivity index (χ0n) is 8.10. The minimum absolute atomic E-state index is 0.435. The van der Waals surface area contributed by atoms with Crippen molar-refractivity contribution in [1.82, 2.24) is 0 Å². The van der Waals surface area contributed by atoms with Gasteiger partial charge in [0.25, 0.3) is 0 Å². The molecule has 1 rings (SSSR count). The van der Waals surface area contributed by atoms with Gasteiger partial charge in [-0.2, -0.15) is 0 Å². The molecule has 1 unspecified atom stereocenters. The maximum absolute atomic E-state index is 11.2. The molecule has 1 aliphatic rings. The standard InChI is InChI=1S/C11H18O/c1-3-4-10-5-6-11(12)8-9(2)7-10/h7,9H,3-6,8H2,1-2H3. The van der Waals surface area contributed by atoms with E-state index in [9.17, 15) is 4.79 Å². The Bertz CT molecular complexity index is 191. The first-order valence-corrected chi connectivity index (χ1v) is 4.93. The molecule has 1 aliphatic carbocycles. The third-order valence-electron chi connectivity index (χ3n) is 2.37. The second-order valence-corrected chi connectivity index (χ2v) is 3.79. The molecule has 0 N–H and O–H groups in total. The molecule has 0 aliphatic heterocycles. The van der Waals surface area contributed by atoms with Crippen molar-refractivity contribution in [2.24, 2.45) is 5.92 Å². The van der Waals surface area contributed by atoms with Gasteiger partial charge in [0, 0.05) is 12.8 Å². The van der Waals surface area contributed by atoms with Crippen LogP contribution in [0.4, 0.5) is 0 Å². The van der Waals surface area contributed by atoms with E-state index in [1.807, 2.05) is 0 Å². The van der Waals surface area contributed by atoms with Gasteiger partial charge >= 0.3 is 0 Å². The summed E-state index contributed by atoms with van der Waals surface area (Å²) in [5, 5.41) is 0. The van der Waals surface area contributed by atoms with Gasteiger partial charge in [-0.15, -0.1) is 0 Å². The van der Waals surface area contributed by atoms with Crippen LogP contribution in [-0.4, -0.2) is 5.78 Å². The summed E-state index contributed by atoms with van der Waals surface area (Å²) < 4.78 is 0. The van der Waals surface area contributed by atoms with Crippen LogP contribution in [0.5, 0.6) is 0 Å². The number of carbonyl (C=O) groups is 1. The molecular weight excluding hydrogens is 148 g/mol. The molecule has 12 heavy (non-hydrogen) atoms. The highest BCUT2D eigenvalue weighted by Gasteiger charge is 2.13. The summed E-state index contributed by atoms with van der Waals surface area (Å²) in [5.74, 6) is 0.909. The molecule has 0 fully saturated rings. The summed E-state index contributed by atoms with van der Waals surface area (Å²) in [6.07, 6.45) is 7.22. The van der Waals surface area contributed by atoms with E-state index in [2.05, 4.69) is 19.9 Å². The lowest BCUT2D eigenvalue weighted by Crippen LogP contribution is -1.99. The molecule has 68 valence electrons. The lowest BCUT2D eigenvalue weighted by Gasteiger charge is -2.03. The maximum Gasteiger partial charge on any atom is 0.133 e. The second kappa shape index (κ2) is 4.44. The van der Waals surface area contributed by atoms with Crippen LogP contribution in [0, 0.1) is 5.92 Å². The molecule has 1 nitrogen and oxygen atoms in total. The Morgan fingerprint density at radius 1 is 1.50 bits per heavy atom. The largest absolute Gasteiger partial charge is 0.300 e. The molecule has 1 atom stereocenters. The van der Waals surface area contributed by atoms with Crippen molar-refractivity contribution in [3.05, 3.63) is 11.6 Å². The highest BCUT2D eigenvalue weighted by Crippen LogP contribution is 2.22. The predicted octanol–water partition coefficient (Wildman–Crippen LogP) is 3.10. The number of carbonyl (C=O) groups excluding carboxylic acids is 1. The molecule has 0 amide bonds. The van der Waals surface area contributed by atoms with Gasteiger partial charge in [0.1, 0.15) is 5.78 Å². The van der Waals surface area contributed by atoms with Gasteiger partial charge < -0.3 is 0 Å². The molecule has 0 spiro atoms. The summed E-state index contributed by atoms with van der Waals surface area (Å²) in [5.41, 5.74) is 1.50. The second-order valence-electron chi connectivity index (χ2n) is 3.79. The van der Waals surface area contributed by atoms with Crippen LogP contribution in [0.1, 0.15) is 46.0 Å². The monoisotopic (exact) mass is 166 g/mol.